The van der Waals surface area contributed by atoms with Gasteiger partial charge in [-0.2, -0.15) is 5.26 Å². The van der Waals surface area contributed by atoms with E-state index in [1.807, 2.05) is 0 Å². The molecule has 0 atom stereocenters. The molecular weight excluding hydrogens is 130 g/mol. The first-order chi connectivity index (χ1) is 4.83. The number of nitrogens with zero attached hydrogens (tertiary/aromatic N) is 1. The molecule has 0 radical (unpaired) electrons. The van der Waals surface area contributed by atoms with Gasteiger partial charge in [-0.15, -0.1) is 12.8 Å². The molecular formula is C7H7NO2. The van der Waals surface area contributed by atoms with Gasteiger partial charge in [0.25, 0.3) is 6.26 Å². The zero-order chi connectivity index (χ0) is 8.24. The molecule has 0 aliphatic rings. The predicted octanol–water partition coefficient (Wildman–Crippen LogP) is 0.109. The lowest BCUT2D eigenvalue weighted by Gasteiger charge is -1.86. The normalized spacial score (nSPS) is 5.30. The Hall–Kier alpha value is -1.63. The summed E-state index contributed by atoms with van der Waals surface area (Å²) in [5.74, 6) is 4.57. The fourth-order valence-corrected chi connectivity index (χ4v) is 0.169. The van der Waals surface area contributed by atoms with Gasteiger partial charge in [0.2, 0.25) is 0 Å². The van der Waals surface area contributed by atoms with Crippen LogP contribution in [0.5, 0.6) is 0 Å². The molecule has 0 rings (SSSR count). The molecule has 3 nitrogen and oxygen atoms in total. The van der Waals surface area contributed by atoms with Gasteiger partial charge < -0.3 is 9.84 Å². The van der Waals surface area contributed by atoms with Crippen LogP contribution in [-0.4, -0.2) is 18.3 Å². The molecule has 10 heavy (non-hydrogen) atoms. The van der Waals surface area contributed by atoms with Crippen LogP contribution in [-0.2, 0) is 4.74 Å². The van der Waals surface area contributed by atoms with Crippen molar-refractivity contribution in [2.24, 2.45) is 0 Å². The van der Waals surface area contributed by atoms with Gasteiger partial charge in [0.15, 0.2) is 0 Å². The lowest BCUT2D eigenvalue weighted by molar-refractivity contribution is 0.205. The highest BCUT2D eigenvalue weighted by Crippen LogP contribution is 1.65. The molecule has 0 bridgehead atoms. The molecule has 52 valence electrons. The van der Waals surface area contributed by atoms with Crippen LogP contribution in [0.4, 0.5) is 0 Å². The summed E-state index contributed by atoms with van der Waals surface area (Å²) in [6, 6.07) is 0. The topological polar surface area (TPSA) is 53.2 Å². The molecule has 0 amide bonds. The summed E-state index contributed by atoms with van der Waals surface area (Å²) in [6.45, 7) is 0.619. The van der Waals surface area contributed by atoms with Crippen LogP contribution < -0.4 is 0 Å². The van der Waals surface area contributed by atoms with Crippen LogP contribution in [0.1, 0.15) is 0 Å². The van der Waals surface area contributed by atoms with Crippen LogP contribution in [0.2, 0.25) is 0 Å². The van der Waals surface area contributed by atoms with Gasteiger partial charge in [-0.3, -0.25) is 0 Å². The summed E-state index contributed by atoms with van der Waals surface area (Å²) >= 11 is 0. The Balaban J connectivity index is 0. The van der Waals surface area contributed by atoms with E-state index in [1.54, 1.807) is 0 Å². The maximum atomic E-state index is 6.88. The van der Waals surface area contributed by atoms with Gasteiger partial charge in [-0.05, 0) is 0 Å². The highest BCUT2D eigenvalue weighted by atomic mass is 16.5. The average Bonchev–Trinajstić information content (AvgIpc) is 1.91. The van der Waals surface area contributed by atoms with E-state index in [2.05, 4.69) is 16.6 Å². The van der Waals surface area contributed by atoms with Gasteiger partial charge in [-0.25, -0.2) is 0 Å². The molecule has 3 heteroatoms. The molecule has 0 saturated carbocycles. The molecule has 0 aromatic carbocycles. The van der Waals surface area contributed by atoms with Gasteiger partial charge in [-0.1, -0.05) is 11.8 Å². The standard InChI is InChI=1S/C6H6O.CHNO/c1-3-5-7-6-4-2;2-1-3/h1-2H,5-6H2;3H. The summed E-state index contributed by atoms with van der Waals surface area (Å²) in [6.07, 6.45) is 10.4. The van der Waals surface area contributed by atoms with E-state index in [9.17, 15) is 0 Å². The van der Waals surface area contributed by atoms with Crippen molar-refractivity contribution in [1.29, 1.82) is 5.26 Å². The van der Waals surface area contributed by atoms with E-state index in [0.29, 0.717) is 13.2 Å². The first kappa shape index (κ1) is 11.2. The van der Waals surface area contributed by atoms with E-state index >= 15 is 0 Å². The summed E-state index contributed by atoms with van der Waals surface area (Å²) in [4.78, 5) is 0. The monoisotopic (exact) mass is 137 g/mol. The van der Waals surface area contributed by atoms with Gasteiger partial charge in [0.1, 0.15) is 13.2 Å². The largest absolute Gasteiger partial charge is 0.443 e. The Morgan fingerprint density at radius 3 is 1.80 bits per heavy atom. The summed E-state index contributed by atoms with van der Waals surface area (Å²) < 4.78 is 4.66. The first-order valence-corrected chi connectivity index (χ1v) is 2.31. The molecule has 0 aliphatic heterocycles. The van der Waals surface area contributed by atoms with Crippen molar-refractivity contribution < 1.29 is 9.84 Å². The maximum absolute atomic E-state index is 6.88. The third kappa shape index (κ3) is 32.7. The third-order valence-corrected chi connectivity index (χ3v) is 0.371. The SMILES string of the molecule is C#CCOCC#C.N#CO. The molecule has 0 fully saturated rings. The van der Waals surface area contributed by atoms with Crippen molar-refractivity contribution in [3.63, 3.8) is 0 Å². The van der Waals surface area contributed by atoms with Crippen LogP contribution in [0, 0.1) is 36.2 Å². The second-order valence-corrected chi connectivity index (χ2v) is 1.00. The van der Waals surface area contributed by atoms with Crippen molar-refractivity contribution >= 4 is 0 Å². The Morgan fingerprint density at radius 1 is 1.30 bits per heavy atom. The highest BCUT2D eigenvalue weighted by molar-refractivity contribution is 4.87. The van der Waals surface area contributed by atoms with E-state index in [-0.39, 0.29) is 0 Å². The minimum Gasteiger partial charge on any atom is -0.443 e. The molecule has 0 unspecified atom stereocenters. The minimum absolute atomic E-state index is 0.310. The smallest absolute Gasteiger partial charge is 0.283 e. The van der Waals surface area contributed by atoms with Crippen LogP contribution in [0.25, 0.3) is 0 Å². The number of terminal acetylenes is 2. The summed E-state index contributed by atoms with van der Waals surface area (Å²) in [5, 5.41) is 13.8. The zero-order valence-corrected chi connectivity index (χ0v) is 5.37. The Labute approximate surface area is 60.2 Å². The van der Waals surface area contributed by atoms with Crippen LogP contribution in [0.3, 0.4) is 0 Å². The molecule has 0 aromatic rings. The van der Waals surface area contributed by atoms with Crippen molar-refractivity contribution in [2.45, 2.75) is 0 Å². The molecule has 1 N–H and O–H groups in total. The average molecular weight is 137 g/mol. The first-order valence-electron chi connectivity index (χ1n) is 2.31. The maximum Gasteiger partial charge on any atom is 0.283 e. The quantitative estimate of drug-likeness (QED) is 0.334. The van der Waals surface area contributed by atoms with Gasteiger partial charge in [0, 0.05) is 0 Å². The number of aliphatic hydroxyl groups is 1. The number of aliphatic hydroxyl groups excluding tert-OH is 1. The Kier molecular flexibility index (Phi) is 17.5. The van der Waals surface area contributed by atoms with E-state index < -0.39 is 0 Å². The second-order valence-electron chi connectivity index (χ2n) is 1.00. The minimum atomic E-state index is 0.310. The lowest BCUT2D eigenvalue weighted by atomic mass is 10.7. The number of hydrogen-bond acceptors (Lipinski definition) is 3. The Bertz CT molecular complexity index is 154. The molecule has 0 aromatic heterocycles. The number of nitriles is 1. The van der Waals surface area contributed by atoms with Gasteiger partial charge in [0.05, 0.1) is 0 Å². The fraction of sp³-hybridized carbons (Fsp3) is 0.286. The molecule has 0 saturated heterocycles. The van der Waals surface area contributed by atoms with Crippen LogP contribution in [0.15, 0.2) is 0 Å². The van der Waals surface area contributed by atoms with E-state index in [4.69, 9.17) is 23.2 Å². The molecule has 0 heterocycles. The fourth-order valence-electron chi connectivity index (χ4n) is 0.169. The van der Waals surface area contributed by atoms with Gasteiger partial charge >= 0.3 is 0 Å². The highest BCUT2D eigenvalue weighted by Gasteiger charge is 1.71. The number of hydrogen-bond donors (Lipinski definition) is 1. The summed E-state index contributed by atoms with van der Waals surface area (Å²) in [7, 11) is 0. The van der Waals surface area contributed by atoms with Crippen molar-refractivity contribution in [3.8, 4) is 30.9 Å². The van der Waals surface area contributed by atoms with Crippen molar-refractivity contribution in [3.05, 3.63) is 0 Å². The van der Waals surface area contributed by atoms with E-state index in [0.717, 1.165) is 6.26 Å². The van der Waals surface area contributed by atoms with Crippen LogP contribution >= 0.6 is 0 Å². The summed E-state index contributed by atoms with van der Waals surface area (Å²) in [5.41, 5.74) is 0. The zero-order valence-electron chi connectivity index (χ0n) is 5.37. The lowest BCUT2D eigenvalue weighted by Crippen LogP contribution is -1.89. The second kappa shape index (κ2) is 15.7. The molecule has 0 spiro atoms. The number of ether oxygens (including phenoxy) is 1. The van der Waals surface area contributed by atoms with E-state index in [1.165, 1.54) is 0 Å². The molecule has 0 aliphatic carbocycles. The Morgan fingerprint density at radius 2 is 1.60 bits per heavy atom. The van der Waals surface area contributed by atoms with Crippen molar-refractivity contribution in [2.75, 3.05) is 13.2 Å². The third-order valence-electron chi connectivity index (χ3n) is 0.371. The predicted molar refractivity (Wildman–Crippen MR) is 36.0 cm³/mol. The number of rotatable bonds is 2. The van der Waals surface area contributed by atoms with Crippen molar-refractivity contribution in [1.82, 2.24) is 0 Å².